The van der Waals surface area contributed by atoms with Crippen LogP contribution in [0.2, 0.25) is 5.02 Å². The third-order valence-corrected chi connectivity index (χ3v) is 4.87. The largest absolute Gasteiger partial charge is 0.497 e. The van der Waals surface area contributed by atoms with Gasteiger partial charge in [0.15, 0.2) is 0 Å². The van der Waals surface area contributed by atoms with E-state index in [0.29, 0.717) is 22.2 Å². The highest BCUT2D eigenvalue weighted by Gasteiger charge is 2.16. The van der Waals surface area contributed by atoms with E-state index in [1.54, 1.807) is 61.7 Å². The Hall–Kier alpha value is -4.37. The summed E-state index contributed by atoms with van der Waals surface area (Å²) < 4.78 is 10.8. The lowest BCUT2D eigenvalue weighted by atomic mass is 10.1. The molecule has 3 aromatic carbocycles. The number of carbonyl (C=O) groups excluding carboxylic acids is 1. The van der Waals surface area contributed by atoms with Gasteiger partial charge in [-0.25, -0.2) is 0 Å². The van der Waals surface area contributed by atoms with Crippen molar-refractivity contribution in [3.05, 3.63) is 93.6 Å². The monoisotopic (exact) mass is 464 g/mol. The normalized spacial score (nSPS) is 10.5. The number of rotatable bonds is 7. The Morgan fingerprint density at radius 3 is 2.36 bits per heavy atom. The van der Waals surface area contributed by atoms with Crippen molar-refractivity contribution in [1.82, 2.24) is 10.2 Å². The fraction of sp³-hybridized carbons (Fsp3) is 0.0435. The summed E-state index contributed by atoms with van der Waals surface area (Å²) in [5.74, 6) is 0.774. The molecule has 166 valence electrons. The van der Waals surface area contributed by atoms with Crippen molar-refractivity contribution in [3.63, 3.8) is 0 Å². The molecule has 0 bridgehead atoms. The number of nitrogens with one attached hydrogen (secondary N) is 2. The molecule has 0 unspecified atom stereocenters. The number of benzene rings is 3. The van der Waals surface area contributed by atoms with Gasteiger partial charge in [0.25, 0.3) is 11.6 Å². The standard InChI is InChI=1S/C23H17ClN4O5/c1-32-18-6-8-19(9-7-18)33-20-11-16(10-17(12-20)28(30)31)25-23(29)22-13-21(26-27-22)14-2-4-15(24)5-3-14/h2-13H,1H3,(H,25,29)(H,26,27). The number of anilines is 1. The predicted octanol–water partition coefficient (Wildman–Crippen LogP) is 5.69. The third kappa shape index (κ3) is 5.28. The summed E-state index contributed by atoms with van der Waals surface area (Å²) in [7, 11) is 1.55. The molecule has 0 saturated carbocycles. The maximum Gasteiger partial charge on any atom is 0.275 e. The molecule has 0 atom stereocenters. The highest BCUT2D eigenvalue weighted by molar-refractivity contribution is 6.30. The minimum Gasteiger partial charge on any atom is -0.497 e. The minimum absolute atomic E-state index is 0.184. The SMILES string of the molecule is COc1ccc(Oc2cc(NC(=O)c3cc(-c4ccc(Cl)cc4)n[nH]3)cc([N+](=O)[O-])c2)cc1. The molecule has 4 aromatic rings. The van der Waals surface area contributed by atoms with Crippen molar-refractivity contribution in [1.29, 1.82) is 0 Å². The number of nitrogens with zero attached hydrogens (tertiary/aromatic N) is 2. The molecular weight excluding hydrogens is 448 g/mol. The lowest BCUT2D eigenvalue weighted by Gasteiger charge is -2.09. The molecular formula is C23H17ClN4O5. The third-order valence-electron chi connectivity index (χ3n) is 4.62. The highest BCUT2D eigenvalue weighted by atomic mass is 35.5. The summed E-state index contributed by atoms with van der Waals surface area (Å²) in [5, 5.41) is 21.4. The van der Waals surface area contributed by atoms with Crippen LogP contribution in [0.15, 0.2) is 72.8 Å². The van der Waals surface area contributed by atoms with Crippen LogP contribution in [0.4, 0.5) is 11.4 Å². The van der Waals surface area contributed by atoms with Crippen LogP contribution < -0.4 is 14.8 Å². The highest BCUT2D eigenvalue weighted by Crippen LogP contribution is 2.31. The number of hydrogen-bond acceptors (Lipinski definition) is 6. The molecule has 0 aliphatic carbocycles. The van der Waals surface area contributed by atoms with Gasteiger partial charge in [-0.3, -0.25) is 20.0 Å². The summed E-state index contributed by atoms with van der Waals surface area (Å²) >= 11 is 5.90. The van der Waals surface area contributed by atoms with Gasteiger partial charge >= 0.3 is 0 Å². The Bertz CT molecular complexity index is 1300. The van der Waals surface area contributed by atoms with Crippen LogP contribution >= 0.6 is 11.6 Å². The molecule has 9 nitrogen and oxygen atoms in total. The summed E-state index contributed by atoms with van der Waals surface area (Å²) in [6.45, 7) is 0. The van der Waals surface area contributed by atoms with Crippen molar-refractivity contribution in [2.24, 2.45) is 0 Å². The van der Waals surface area contributed by atoms with Crippen LogP contribution in [0.5, 0.6) is 17.2 Å². The van der Waals surface area contributed by atoms with E-state index in [0.717, 1.165) is 5.56 Å². The van der Waals surface area contributed by atoms with Gasteiger partial charge in [0.1, 0.15) is 22.9 Å². The zero-order valence-corrected chi connectivity index (χ0v) is 18.0. The van der Waals surface area contributed by atoms with Gasteiger partial charge in [0.2, 0.25) is 0 Å². The second-order valence-corrected chi connectivity index (χ2v) is 7.31. The van der Waals surface area contributed by atoms with E-state index < -0.39 is 10.8 Å². The maximum absolute atomic E-state index is 12.7. The Balaban J connectivity index is 1.54. The molecule has 10 heteroatoms. The Labute approximate surface area is 193 Å². The molecule has 1 heterocycles. The average molecular weight is 465 g/mol. The molecule has 1 aromatic heterocycles. The topological polar surface area (TPSA) is 119 Å². The van der Waals surface area contributed by atoms with Crippen LogP contribution in [-0.4, -0.2) is 28.1 Å². The van der Waals surface area contributed by atoms with E-state index in [-0.39, 0.29) is 22.8 Å². The fourth-order valence-corrected chi connectivity index (χ4v) is 3.13. The number of hydrogen-bond donors (Lipinski definition) is 2. The first-order chi connectivity index (χ1) is 15.9. The van der Waals surface area contributed by atoms with E-state index >= 15 is 0 Å². The molecule has 33 heavy (non-hydrogen) atoms. The summed E-state index contributed by atoms with van der Waals surface area (Å²) in [4.78, 5) is 23.5. The van der Waals surface area contributed by atoms with Gasteiger partial charge in [-0.1, -0.05) is 23.7 Å². The number of halogens is 1. The van der Waals surface area contributed by atoms with Crippen molar-refractivity contribution in [3.8, 4) is 28.5 Å². The van der Waals surface area contributed by atoms with Gasteiger partial charge in [0, 0.05) is 22.7 Å². The van der Waals surface area contributed by atoms with Gasteiger partial charge in [0.05, 0.1) is 29.5 Å². The number of methoxy groups -OCH3 is 1. The molecule has 0 aliphatic heterocycles. The van der Waals surface area contributed by atoms with Crippen molar-refractivity contribution in [2.75, 3.05) is 12.4 Å². The number of amides is 1. The summed E-state index contributed by atoms with van der Waals surface area (Å²) in [6.07, 6.45) is 0. The molecule has 0 fully saturated rings. The lowest BCUT2D eigenvalue weighted by molar-refractivity contribution is -0.384. The number of aromatic amines is 1. The first kappa shape index (κ1) is 21.8. The Morgan fingerprint density at radius 1 is 1.00 bits per heavy atom. The molecule has 0 saturated heterocycles. The van der Waals surface area contributed by atoms with Crippen LogP contribution in [0.25, 0.3) is 11.3 Å². The number of non-ortho nitro benzene ring substituents is 1. The van der Waals surface area contributed by atoms with Crippen LogP contribution in [-0.2, 0) is 0 Å². The summed E-state index contributed by atoms with van der Waals surface area (Å²) in [5.41, 5.74) is 1.48. The Kier molecular flexibility index (Phi) is 6.23. The maximum atomic E-state index is 12.7. The predicted molar refractivity (Wildman–Crippen MR) is 123 cm³/mol. The number of carbonyl (C=O) groups is 1. The second-order valence-electron chi connectivity index (χ2n) is 6.88. The molecule has 2 N–H and O–H groups in total. The number of nitro groups is 1. The van der Waals surface area contributed by atoms with Crippen LogP contribution in [0.3, 0.4) is 0 Å². The van der Waals surface area contributed by atoms with Gasteiger partial charge in [-0.05, 0) is 42.5 Å². The quantitative estimate of drug-likeness (QED) is 0.268. The molecule has 0 radical (unpaired) electrons. The van der Waals surface area contributed by atoms with E-state index in [9.17, 15) is 14.9 Å². The van der Waals surface area contributed by atoms with E-state index in [1.807, 2.05) is 0 Å². The number of nitro benzene ring substituents is 1. The van der Waals surface area contributed by atoms with Crippen molar-refractivity contribution >= 4 is 28.9 Å². The van der Waals surface area contributed by atoms with Crippen LogP contribution in [0, 0.1) is 10.1 Å². The smallest absolute Gasteiger partial charge is 0.275 e. The van der Waals surface area contributed by atoms with E-state index in [4.69, 9.17) is 21.1 Å². The van der Waals surface area contributed by atoms with Gasteiger partial charge in [-0.15, -0.1) is 0 Å². The van der Waals surface area contributed by atoms with Crippen LogP contribution in [0.1, 0.15) is 10.5 Å². The number of aromatic nitrogens is 2. The minimum atomic E-state index is -0.564. The van der Waals surface area contributed by atoms with E-state index in [2.05, 4.69) is 15.5 Å². The number of H-pyrrole nitrogens is 1. The molecule has 4 rings (SSSR count). The van der Waals surface area contributed by atoms with E-state index in [1.165, 1.54) is 18.2 Å². The Morgan fingerprint density at radius 2 is 1.70 bits per heavy atom. The average Bonchev–Trinajstić information content (AvgIpc) is 3.30. The van der Waals surface area contributed by atoms with Gasteiger partial charge < -0.3 is 14.8 Å². The summed E-state index contributed by atoms with van der Waals surface area (Å²) in [6, 6.07) is 19.3. The fourth-order valence-electron chi connectivity index (χ4n) is 3.00. The van der Waals surface area contributed by atoms with Crippen molar-refractivity contribution < 1.29 is 19.2 Å². The molecule has 0 aliphatic rings. The molecule has 0 spiro atoms. The first-order valence-corrected chi connectivity index (χ1v) is 10.0. The molecule has 1 amide bonds. The zero-order valence-electron chi connectivity index (χ0n) is 17.2. The number of ether oxygens (including phenoxy) is 2. The van der Waals surface area contributed by atoms with Crippen molar-refractivity contribution in [2.45, 2.75) is 0 Å². The lowest BCUT2D eigenvalue weighted by Crippen LogP contribution is -2.12. The van der Waals surface area contributed by atoms with Gasteiger partial charge in [-0.2, -0.15) is 5.10 Å². The first-order valence-electron chi connectivity index (χ1n) is 9.65. The second kappa shape index (κ2) is 9.41. The zero-order chi connectivity index (χ0) is 23.4.